The number of nitrogens with zero attached hydrogens (tertiary/aromatic N) is 6. The third kappa shape index (κ3) is 10.7. The molecule has 6 aromatic rings. The lowest BCUT2D eigenvalue weighted by molar-refractivity contribution is 0.466. The molecule has 2 fully saturated rings. The second-order valence-corrected chi connectivity index (χ2v) is 17.9. The van der Waals surface area contributed by atoms with Crippen molar-refractivity contribution in [1.29, 1.82) is 0 Å². The van der Waals surface area contributed by atoms with Crippen LogP contribution in [0.25, 0.3) is 21.5 Å². The van der Waals surface area contributed by atoms with Gasteiger partial charge in [-0.3, -0.25) is 0 Å². The molecule has 0 saturated carbocycles. The quantitative estimate of drug-likeness (QED) is 0.119. The standard InChI is InChI=1S/2C20H19Br2N5S/c21-14-2-1-3-17(11-14)25-20(28)24-16-6-8-27(9-7-16)19-18-5-4-15(22)10-13(18)12-23-26-19;21-14-5-6-16-13(11-14)12-23-26-19(16)27-9-7-15(8-10-27)24-20(28)25-18-4-2-1-3-17(18)22/h1-5,10-12,16H,6-9H2,(H2,24,25,28);1-6,11-12,15H,7-10H2,(H2,24,25,28). The Balaban J connectivity index is 0.000000172. The first kappa shape index (κ1) is 40.6. The zero-order chi connectivity index (χ0) is 39.0. The van der Waals surface area contributed by atoms with Crippen molar-refractivity contribution in [2.24, 2.45) is 0 Å². The molecule has 4 aromatic carbocycles. The lowest BCUT2D eigenvalue weighted by Gasteiger charge is -2.34. The molecule has 288 valence electrons. The Hall–Kier alpha value is -3.54. The Bertz CT molecular complexity index is 2340. The molecule has 56 heavy (non-hydrogen) atoms. The van der Waals surface area contributed by atoms with E-state index < -0.39 is 0 Å². The number of thiocarbonyl (C=S) groups is 2. The molecular formula is C40H38Br4N10S2. The fourth-order valence-electron chi connectivity index (χ4n) is 6.85. The largest absolute Gasteiger partial charge is 0.360 e. The van der Waals surface area contributed by atoms with Gasteiger partial charge in [0.15, 0.2) is 21.9 Å². The van der Waals surface area contributed by atoms with E-state index >= 15 is 0 Å². The molecular weight excluding hydrogens is 1000 g/mol. The number of hydrogen-bond acceptors (Lipinski definition) is 8. The van der Waals surface area contributed by atoms with E-state index in [1.165, 1.54) is 0 Å². The average molecular weight is 1040 g/mol. The van der Waals surface area contributed by atoms with E-state index in [1.54, 1.807) is 0 Å². The molecule has 4 heterocycles. The first-order valence-corrected chi connectivity index (χ1v) is 22.1. The molecule has 2 saturated heterocycles. The van der Waals surface area contributed by atoms with Gasteiger partial charge in [-0.25, -0.2) is 0 Å². The van der Waals surface area contributed by atoms with Crippen LogP contribution >= 0.6 is 88.2 Å². The van der Waals surface area contributed by atoms with Crippen molar-refractivity contribution >= 4 is 143 Å². The summed E-state index contributed by atoms with van der Waals surface area (Å²) in [5.74, 6) is 1.91. The van der Waals surface area contributed by atoms with E-state index in [2.05, 4.69) is 139 Å². The number of hydrogen-bond donors (Lipinski definition) is 4. The summed E-state index contributed by atoms with van der Waals surface area (Å²) < 4.78 is 4.12. The maximum Gasteiger partial charge on any atom is 0.171 e. The van der Waals surface area contributed by atoms with Crippen LogP contribution < -0.4 is 31.1 Å². The van der Waals surface area contributed by atoms with Crippen LogP contribution in [0.2, 0.25) is 0 Å². The fourth-order valence-corrected chi connectivity index (χ4v) is 8.95. The van der Waals surface area contributed by atoms with E-state index in [9.17, 15) is 0 Å². The van der Waals surface area contributed by atoms with E-state index in [0.717, 1.165) is 114 Å². The molecule has 2 aliphatic rings. The SMILES string of the molecule is S=C(Nc1cccc(Br)c1)NC1CCN(c2nncc3cc(Br)ccc23)CC1.S=C(Nc1ccccc1Br)NC1CCN(c2nncc3cc(Br)ccc23)CC1. The van der Waals surface area contributed by atoms with Crippen molar-refractivity contribution < 1.29 is 0 Å². The van der Waals surface area contributed by atoms with Crippen molar-refractivity contribution in [3.05, 3.63) is 115 Å². The minimum absolute atomic E-state index is 0.343. The molecule has 0 unspecified atom stereocenters. The lowest BCUT2D eigenvalue weighted by atomic mass is 10.0. The predicted octanol–water partition coefficient (Wildman–Crippen LogP) is 10.2. The molecule has 16 heteroatoms. The highest BCUT2D eigenvalue weighted by Gasteiger charge is 2.24. The molecule has 0 bridgehead atoms. The van der Waals surface area contributed by atoms with Gasteiger partial charge in [0.05, 0.1) is 18.1 Å². The van der Waals surface area contributed by atoms with Crippen LogP contribution in [-0.2, 0) is 0 Å². The van der Waals surface area contributed by atoms with Gasteiger partial charge in [0, 0.05) is 83.4 Å². The first-order chi connectivity index (χ1) is 27.2. The number of para-hydroxylation sites is 1. The number of rotatable bonds is 6. The Morgan fingerprint density at radius 1 is 0.571 bits per heavy atom. The van der Waals surface area contributed by atoms with Crippen molar-refractivity contribution in [2.75, 3.05) is 46.6 Å². The van der Waals surface area contributed by atoms with Gasteiger partial charge in [0.1, 0.15) is 0 Å². The van der Waals surface area contributed by atoms with Gasteiger partial charge >= 0.3 is 0 Å². The molecule has 8 rings (SSSR count). The molecule has 2 aliphatic heterocycles. The van der Waals surface area contributed by atoms with E-state index in [-0.39, 0.29) is 0 Å². The number of anilines is 4. The summed E-state index contributed by atoms with van der Waals surface area (Å²) >= 11 is 25.0. The van der Waals surface area contributed by atoms with Gasteiger partial charge in [0.2, 0.25) is 0 Å². The number of halogens is 4. The Morgan fingerprint density at radius 2 is 1.07 bits per heavy atom. The highest BCUT2D eigenvalue weighted by atomic mass is 79.9. The van der Waals surface area contributed by atoms with Crippen LogP contribution in [0.5, 0.6) is 0 Å². The summed E-state index contributed by atoms with van der Waals surface area (Å²) in [4.78, 5) is 4.62. The van der Waals surface area contributed by atoms with Crippen LogP contribution in [0.15, 0.2) is 115 Å². The van der Waals surface area contributed by atoms with E-state index in [1.807, 2.05) is 73.1 Å². The zero-order valence-electron chi connectivity index (χ0n) is 30.1. The number of piperidine rings is 2. The molecule has 0 atom stereocenters. The monoisotopic (exact) mass is 1040 g/mol. The number of nitrogens with one attached hydrogen (secondary N) is 4. The fraction of sp³-hybridized carbons (Fsp3) is 0.250. The topological polar surface area (TPSA) is 106 Å². The molecule has 0 spiro atoms. The van der Waals surface area contributed by atoms with Crippen molar-refractivity contribution in [3.63, 3.8) is 0 Å². The number of benzene rings is 4. The summed E-state index contributed by atoms with van der Waals surface area (Å²) in [5, 5.41) is 36.4. The number of fused-ring (bicyclic) bond motifs is 2. The van der Waals surface area contributed by atoms with Gasteiger partial charge in [-0.1, -0.05) is 66.0 Å². The molecule has 0 aliphatic carbocycles. The maximum absolute atomic E-state index is 5.49. The summed E-state index contributed by atoms with van der Waals surface area (Å²) in [7, 11) is 0. The zero-order valence-corrected chi connectivity index (χ0v) is 38.0. The predicted molar refractivity (Wildman–Crippen MR) is 252 cm³/mol. The minimum atomic E-state index is 0.343. The summed E-state index contributed by atoms with van der Waals surface area (Å²) in [6.45, 7) is 3.67. The molecule has 2 aromatic heterocycles. The highest BCUT2D eigenvalue weighted by Crippen LogP contribution is 2.30. The summed E-state index contributed by atoms with van der Waals surface area (Å²) in [5.41, 5.74) is 1.94. The minimum Gasteiger partial charge on any atom is -0.360 e. The first-order valence-electron chi connectivity index (χ1n) is 18.2. The van der Waals surface area contributed by atoms with Gasteiger partial charge in [-0.05, 0) is 133 Å². The molecule has 0 radical (unpaired) electrons. The normalized spacial score (nSPS) is 14.9. The van der Waals surface area contributed by atoms with Gasteiger partial charge < -0.3 is 31.1 Å². The van der Waals surface area contributed by atoms with Crippen LogP contribution in [0.3, 0.4) is 0 Å². The van der Waals surface area contributed by atoms with Crippen molar-refractivity contribution in [3.8, 4) is 0 Å². The highest BCUT2D eigenvalue weighted by molar-refractivity contribution is 9.11. The average Bonchev–Trinajstić information content (AvgIpc) is 3.19. The smallest absolute Gasteiger partial charge is 0.171 e. The van der Waals surface area contributed by atoms with Crippen LogP contribution in [-0.4, -0.2) is 68.9 Å². The van der Waals surface area contributed by atoms with Crippen LogP contribution in [0.4, 0.5) is 23.0 Å². The van der Waals surface area contributed by atoms with E-state index in [4.69, 9.17) is 24.4 Å². The van der Waals surface area contributed by atoms with Gasteiger partial charge in [-0.15, -0.1) is 10.2 Å². The molecule has 10 nitrogen and oxygen atoms in total. The van der Waals surface area contributed by atoms with Crippen LogP contribution in [0, 0.1) is 0 Å². The third-order valence-electron chi connectivity index (χ3n) is 9.67. The third-order valence-corrected chi connectivity index (χ3v) is 12.3. The summed E-state index contributed by atoms with van der Waals surface area (Å²) in [6.07, 6.45) is 7.59. The molecule has 4 N–H and O–H groups in total. The van der Waals surface area contributed by atoms with Gasteiger partial charge in [0.25, 0.3) is 0 Å². The lowest BCUT2D eigenvalue weighted by Crippen LogP contribution is -2.46. The second kappa shape index (κ2) is 19.3. The Morgan fingerprint density at radius 3 is 1.59 bits per heavy atom. The van der Waals surface area contributed by atoms with Crippen LogP contribution in [0.1, 0.15) is 25.7 Å². The Labute approximate surface area is 370 Å². The number of aromatic nitrogens is 4. The second-order valence-electron chi connectivity index (χ2n) is 13.5. The van der Waals surface area contributed by atoms with Crippen molar-refractivity contribution in [2.45, 2.75) is 37.8 Å². The van der Waals surface area contributed by atoms with Crippen molar-refractivity contribution in [1.82, 2.24) is 31.0 Å². The van der Waals surface area contributed by atoms with Gasteiger partial charge in [-0.2, -0.15) is 10.2 Å². The van der Waals surface area contributed by atoms with E-state index in [0.29, 0.717) is 22.3 Å². The molecule has 0 amide bonds. The summed E-state index contributed by atoms with van der Waals surface area (Å²) in [6, 6.07) is 29.1. The maximum atomic E-state index is 5.49. The Kier molecular flexibility index (Phi) is 14.0.